The van der Waals surface area contributed by atoms with Crippen molar-refractivity contribution in [1.82, 2.24) is 14.9 Å². The van der Waals surface area contributed by atoms with Gasteiger partial charge in [0.15, 0.2) is 5.16 Å². The number of aromatic nitrogens is 2. The van der Waals surface area contributed by atoms with E-state index in [0.717, 1.165) is 6.42 Å². The number of rotatable bonds is 7. The molecule has 1 heterocycles. The van der Waals surface area contributed by atoms with Crippen molar-refractivity contribution in [2.24, 2.45) is 5.92 Å². The minimum absolute atomic E-state index is 0.0423. The van der Waals surface area contributed by atoms with Gasteiger partial charge >= 0.3 is 0 Å². The number of nitrogens with zero attached hydrogens (tertiary/aromatic N) is 2. The van der Waals surface area contributed by atoms with Crippen LogP contribution in [0.1, 0.15) is 27.2 Å². The highest BCUT2D eigenvalue weighted by Gasteiger charge is 2.12. The number of hydrogen-bond acceptors (Lipinski definition) is 4. The van der Waals surface area contributed by atoms with Gasteiger partial charge in [-0.2, -0.15) is 0 Å². The summed E-state index contributed by atoms with van der Waals surface area (Å²) in [5, 5.41) is 4.55. The third-order valence-corrected chi connectivity index (χ3v) is 4.73. The Morgan fingerprint density at radius 3 is 2.83 bits per heavy atom. The van der Waals surface area contributed by atoms with Gasteiger partial charge < -0.3 is 5.32 Å². The summed E-state index contributed by atoms with van der Waals surface area (Å²) in [5.74, 6) is 1.08. The van der Waals surface area contributed by atoms with Gasteiger partial charge in [-0.1, -0.05) is 37.2 Å². The second kappa shape index (κ2) is 8.53. The first-order chi connectivity index (χ1) is 11.4. The van der Waals surface area contributed by atoms with Gasteiger partial charge in [-0.25, -0.2) is 4.98 Å². The molecule has 2 rings (SSSR count). The zero-order valence-electron chi connectivity index (χ0n) is 14.1. The highest BCUT2D eigenvalue weighted by Crippen LogP contribution is 2.21. The number of hydrogen-bond donors (Lipinski definition) is 1. The third kappa shape index (κ3) is 4.98. The molecule has 0 aliphatic carbocycles. The van der Waals surface area contributed by atoms with Crippen molar-refractivity contribution >= 4 is 40.2 Å². The molecule has 130 valence electrons. The summed E-state index contributed by atoms with van der Waals surface area (Å²) in [5.41, 5.74) is 0.565. The number of carbonyl (C=O) groups excluding carboxylic acids is 1. The standard InChI is InChI=1S/C17H22ClN3O2S/c1-11(2)6-8-21-16(23)14-5-4-13(18)10-15(14)20-17(21)24-9-7-19-12(3)22/h4-5,10-11H,6-9H2,1-3H3,(H,19,22). The fourth-order valence-electron chi connectivity index (χ4n) is 2.24. The Kier molecular flexibility index (Phi) is 6.69. The Morgan fingerprint density at radius 2 is 2.17 bits per heavy atom. The summed E-state index contributed by atoms with van der Waals surface area (Å²) in [4.78, 5) is 28.4. The largest absolute Gasteiger partial charge is 0.356 e. The molecule has 5 nitrogen and oxygen atoms in total. The third-order valence-electron chi connectivity index (χ3n) is 3.52. The maximum atomic E-state index is 12.8. The monoisotopic (exact) mass is 367 g/mol. The van der Waals surface area contributed by atoms with E-state index in [4.69, 9.17) is 11.6 Å². The molecule has 1 N–H and O–H groups in total. The number of carbonyl (C=O) groups is 1. The van der Waals surface area contributed by atoms with Crippen LogP contribution in [0.3, 0.4) is 0 Å². The van der Waals surface area contributed by atoms with Crippen LogP contribution in [0.15, 0.2) is 28.2 Å². The van der Waals surface area contributed by atoms with E-state index in [1.165, 1.54) is 18.7 Å². The van der Waals surface area contributed by atoms with Gasteiger partial charge in [-0.3, -0.25) is 14.2 Å². The van der Waals surface area contributed by atoms with Crippen molar-refractivity contribution in [3.8, 4) is 0 Å². The Hall–Kier alpha value is -1.53. The van der Waals surface area contributed by atoms with Crippen molar-refractivity contribution in [2.75, 3.05) is 12.3 Å². The molecule has 0 saturated heterocycles. The van der Waals surface area contributed by atoms with Crippen molar-refractivity contribution in [3.63, 3.8) is 0 Å². The zero-order chi connectivity index (χ0) is 17.7. The molecule has 0 unspecified atom stereocenters. The number of nitrogens with one attached hydrogen (secondary N) is 1. The van der Waals surface area contributed by atoms with Crippen LogP contribution in [0.2, 0.25) is 5.02 Å². The van der Waals surface area contributed by atoms with E-state index < -0.39 is 0 Å². The first-order valence-corrected chi connectivity index (χ1v) is 9.32. The van der Waals surface area contributed by atoms with Gasteiger partial charge in [-0.15, -0.1) is 0 Å². The highest BCUT2D eigenvalue weighted by molar-refractivity contribution is 7.99. The average molecular weight is 368 g/mol. The molecular formula is C17H22ClN3O2S. The lowest BCUT2D eigenvalue weighted by molar-refractivity contribution is -0.118. The van der Waals surface area contributed by atoms with Crippen molar-refractivity contribution < 1.29 is 4.79 Å². The second-order valence-electron chi connectivity index (χ2n) is 6.03. The summed E-state index contributed by atoms with van der Waals surface area (Å²) in [6.07, 6.45) is 0.903. The molecule has 0 spiro atoms. The van der Waals surface area contributed by atoms with Crippen LogP contribution in [0, 0.1) is 5.92 Å². The molecule has 1 aromatic carbocycles. The van der Waals surface area contributed by atoms with Gasteiger partial charge in [0.05, 0.1) is 10.9 Å². The molecule has 24 heavy (non-hydrogen) atoms. The summed E-state index contributed by atoms with van der Waals surface area (Å²) < 4.78 is 1.73. The smallest absolute Gasteiger partial charge is 0.262 e. The van der Waals surface area contributed by atoms with Crippen LogP contribution in [0.4, 0.5) is 0 Å². The lowest BCUT2D eigenvalue weighted by Crippen LogP contribution is -2.25. The van der Waals surface area contributed by atoms with Crippen molar-refractivity contribution in [2.45, 2.75) is 38.9 Å². The van der Waals surface area contributed by atoms with Gasteiger partial charge in [0.2, 0.25) is 5.91 Å². The minimum atomic E-state index is -0.0638. The second-order valence-corrected chi connectivity index (χ2v) is 7.53. The summed E-state index contributed by atoms with van der Waals surface area (Å²) in [7, 11) is 0. The maximum Gasteiger partial charge on any atom is 0.262 e. The van der Waals surface area contributed by atoms with Crippen LogP contribution >= 0.6 is 23.4 Å². The Bertz CT molecular complexity index is 789. The molecule has 1 aromatic heterocycles. The topological polar surface area (TPSA) is 64.0 Å². The molecule has 2 aromatic rings. The highest BCUT2D eigenvalue weighted by atomic mass is 35.5. The van der Waals surface area contributed by atoms with Crippen molar-refractivity contribution in [3.05, 3.63) is 33.6 Å². The predicted octanol–water partition coefficient (Wildman–Crippen LogP) is 3.32. The van der Waals surface area contributed by atoms with Crippen LogP contribution in [0.25, 0.3) is 10.9 Å². The van der Waals surface area contributed by atoms with Crippen LogP contribution in [0.5, 0.6) is 0 Å². The van der Waals surface area contributed by atoms with E-state index in [1.54, 1.807) is 22.8 Å². The molecule has 0 bridgehead atoms. The van der Waals surface area contributed by atoms with Gasteiger partial charge in [0.25, 0.3) is 5.56 Å². The number of benzene rings is 1. The molecular weight excluding hydrogens is 346 g/mol. The Morgan fingerprint density at radius 1 is 1.42 bits per heavy atom. The van der Waals surface area contributed by atoms with Crippen LogP contribution in [-0.4, -0.2) is 27.8 Å². The molecule has 7 heteroatoms. The summed E-state index contributed by atoms with van der Waals surface area (Å²) in [6, 6.07) is 5.15. The first-order valence-electron chi connectivity index (χ1n) is 7.96. The van der Waals surface area contributed by atoms with Crippen LogP contribution in [-0.2, 0) is 11.3 Å². The van der Waals surface area contributed by atoms with E-state index in [-0.39, 0.29) is 11.5 Å². The summed E-state index contributed by atoms with van der Waals surface area (Å²) in [6.45, 7) is 6.91. The van der Waals surface area contributed by atoms with Gasteiger partial charge in [0.1, 0.15) is 0 Å². The molecule has 0 aliphatic heterocycles. The number of thioether (sulfide) groups is 1. The molecule has 0 fully saturated rings. The van der Waals surface area contributed by atoms with Crippen LogP contribution < -0.4 is 10.9 Å². The molecule has 0 saturated carbocycles. The minimum Gasteiger partial charge on any atom is -0.356 e. The Labute approximate surface area is 150 Å². The molecule has 0 atom stereocenters. The molecule has 1 amide bonds. The average Bonchev–Trinajstić information content (AvgIpc) is 2.50. The zero-order valence-corrected chi connectivity index (χ0v) is 15.7. The van der Waals surface area contributed by atoms with E-state index in [2.05, 4.69) is 24.1 Å². The summed E-state index contributed by atoms with van der Waals surface area (Å²) >= 11 is 7.49. The number of halogens is 1. The number of amides is 1. The molecule has 0 aliphatic rings. The van der Waals surface area contributed by atoms with Gasteiger partial charge in [0, 0.05) is 30.8 Å². The Balaban J connectivity index is 2.34. The van der Waals surface area contributed by atoms with Crippen molar-refractivity contribution in [1.29, 1.82) is 0 Å². The first kappa shape index (κ1) is 18.8. The maximum absolute atomic E-state index is 12.8. The van der Waals surface area contributed by atoms with E-state index in [0.29, 0.717) is 45.8 Å². The lowest BCUT2D eigenvalue weighted by Gasteiger charge is -2.14. The van der Waals surface area contributed by atoms with E-state index in [1.807, 2.05) is 0 Å². The predicted molar refractivity (Wildman–Crippen MR) is 99.9 cm³/mol. The van der Waals surface area contributed by atoms with E-state index in [9.17, 15) is 9.59 Å². The van der Waals surface area contributed by atoms with E-state index >= 15 is 0 Å². The molecule has 0 radical (unpaired) electrons. The lowest BCUT2D eigenvalue weighted by atomic mass is 10.1. The number of fused-ring (bicyclic) bond motifs is 1. The fourth-order valence-corrected chi connectivity index (χ4v) is 3.28. The fraction of sp³-hybridized carbons (Fsp3) is 0.471. The quantitative estimate of drug-likeness (QED) is 0.463. The van der Waals surface area contributed by atoms with Gasteiger partial charge in [-0.05, 0) is 30.5 Å². The normalized spacial score (nSPS) is 11.2. The SMILES string of the molecule is CC(=O)NCCSc1nc2cc(Cl)ccc2c(=O)n1CCC(C)C.